The lowest BCUT2D eigenvalue weighted by Gasteiger charge is -2.26. The summed E-state index contributed by atoms with van der Waals surface area (Å²) in [5.41, 5.74) is 6.30. The second kappa shape index (κ2) is 6.92. The van der Waals surface area contributed by atoms with E-state index in [0.29, 0.717) is 6.54 Å². The van der Waals surface area contributed by atoms with Gasteiger partial charge in [-0.25, -0.2) is 0 Å². The van der Waals surface area contributed by atoms with Crippen molar-refractivity contribution in [2.45, 2.75) is 32.2 Å². The number of nitrogens with two attached hydrogens (primary N) is 1. The van der Waals surface area contributed by atoms with Crippen molar-refractivity contribution >= 4 is 29.1 Å². The fraction of sp³-hybridized carbons (Fsp3) is 0.353. The number of amides is 1. The minimum absolute atomic E-state index is 0. The molecule has 0 radical (unpaired) electrons. The summed E-state index contributed by atoms with van der Waals surface area (Å²) >= 11 is 0. The SMILES string of the molecule is CC(C(=O)NC(C)(C)CN)c1ccc2ccccc2c1.Cl. The van der Waals surface area contributed by atoms with Gasteiger partial charge in [0.15, 0.2) is 0 Å². The minimum atomic E-state index is -0.373. The van der Waals surface area contributed by atoms with Crippen LogP contribution in [0.2, 0.25) is 0 Å². The molecule has 0 spiro atoms. The molecule has 0 saturated heterocycles. The molecule has 0 aromatic heterocycles. The van der Waals surface area contributed by atoms with Crippen molar-refractivity contribution in [3.63, 3.8) is 0 Å². The minimum Gasteiger partial charge on any atom is -0.349 e. The number of hydrogen-bond acceptors (Lipinski definition) is 2. The summed E-state index contributed by atoms with van der Waals surface area (Å²) in [6.45, 7) is 6.20. The van der Waals surface area contributed by atoms with Gasteiger partial charge in [0.25, 0.3) is 0 Å². The van der Waals surface area contributed by atoms with Crippen LogP contribution in [-0.4, -0.2) is 18.0 Å². The zero-order valence-corrected chi connectivity index (χ0v) is 13.5. The van der Waals surface area contributed by atoms with Gasteiger partial charge in [0, 0.05) is 12.1 Å². The van der Waals surface area contributed by atoms with Crippen molar-refractivity contribution in [1.29, 1.82) is 0 Å². The van der Waals surface area contributed by atoms with Crippen LogP contribution in [0, 0.1) is 0 Å². The Hall–Kier alpha value is -1.58. The molecule has 0 saturated carbocycles. The van der Waals surface area contributed by atoms with Crippen LogP contribution in [-0.2, 0) is 4.79 Å². The molecule has 0 aliphatic heterocycles. The van der Waals surface area contributed by atoms with Crippen molar-refractivity contribution < 1.29 is 4.79 Å². The molecule has 1 atom stereocenters. The topological polar surface area (TPSA) is 55.1 Å². The summed E-state index contributed by atoms with van der Waals surface area (Å²) < 4.78 is 0. The lowest BCUT2D eigenvalue weighted by atomic mass is 9.95. The van der Waals surface area contributed by atoms with E-state index in [2.05, 4.69) is 29.6 Å². The molecule has 3 N–H and O–H groups in total. The van der Waals surface area contributed by atoms with E-state index in [1.54, 1.807) is 0 Å². The summed E-state index contributed by atoms with van der Waals surface area (Å²) in [5, 5.41) is 5.33. The van der Waals surface area contributed by atoms with E-state index in [4.69, 9.17) is 5.73 Å². The quantitative estimate of drug-likeness (QED) is 0.911. The molecular weight excluding hydrogens is 284 g/mol. The van der Waals surface area contributed by atoms with E-state index in [9.17, 15) is 4.79 Å². The third kappa shape index (κ3) is 4.19. The van der Waals surface area contributed by atoms with Crippen LogP contribution in [0.15, 0.2) is 42.5 Å². The number of benzene rings is 2. The fourth-order valence-corrected chi connectivity index (χ4v) is 2.12. The van der Waals surface area contributed by atoms with Crippen LogP contribution >= 0.6 is 12.4 Å². The first-order valence-electron chi connectivity index (χ1n) is 6.94. The molecule has 2 rings (SSSR count). The maximum atomic E-state index is 12.3. The molecule has 3 nitrogen and oxygen atoms in total. The predicted octanol–water partition coefficient (Wildman–Crippen LogP) is 3.22. The van der Waals surface area contributed by atoms with Crippen LogP contribution in [0.4, 0.5) is 0 Å². The Balaban J connectivity index is 0.00000220. The monoisotopic (exact) mass is 306 g/mol. The standard InChI is InChI=1S/C17H22N2O.ClH/c1-12(16(20)19-17(2,3)11-18)14-9-8-13-6-4-5-7-15(13)10-14;/h4-10,12H,11,18H2,1-3H3,(H,19,20);1H. The molecule has 0 aliphatic carbocycles. The normalized spacial score (nSPS) is 12.6. The first-order chi connectivity index (χ1) is 9.43. The van der Waals surface area contributed by atoms with Crippen molar-refractivity contribution in [2.75, 3.05) is 6.54 Å². The lowest BCUT2D eigenvalue weighted by molar-refractivity contribution is -0.123. The maximum absolute atomic E-state index is 12.3. The zero-order chi connectivity index (χ0) is 14.8. The van der Waals surface area contributed by atoms with Gasteiger partial charge in [-0.3, -0.25) is 4.79 Å². The molecule has 1 unspecified atom stereocenters. The largest absolute Gasteiger partial charge is 0.349 e. The number of carbonyl (C=O) groups excluding carboxylic acids is 1. The highest BCUT2D eigenvalue weighted by atomic mass is 35.5. The highest BCUT2D eigenvalue weighted by Gasteiger charge is 2.23. The van der Waals surface area contributed by atoms with Gasteiger partial charge in [-0.15, -0.1) is 12.4 Å². The summed E-state index contributed by atoms with van der Waals surface area (Å²) in [7, 11) is 0. The summed E-state index contributed by atoms with van der Waals surface area (Å²) in [6, 6.07) is 14.3. The van der Waals surface area contributed by atoms with Crippen molar-refractivity contribution in [3.05, 3.63) is 48.0 Å². The van der Waals surface area contributed by atoms with Gasteiger partial charge in [0.05, 0.1) is 5.92 Å². The highest BCUT2D eigenvalue weighted by Crippen LogP contribution is 2.22. The van der Waals surface area contributed by atoms with Crippen LogP contribution in [0.25, 0.3) is 10.8 Å². The molecule has 21 heavy (non-hydrogen) atoms. The summed E-state index contributed by atoms with van der Waals surface area (Å²) in [5.74, 6) is -0.179. The fourth-order valence-electron chi connectivity index (χ4n) is 2.12. The maximum Gasteiger partial charge on any atom is 0.227 e. The van der Waals surface area contributed by atoms with E-state index >= 15 is 0 Å². The Bertz CT molecular complexity index is 625. The third-order valence-electron chi connectivity index (χ3n) is 3.64. The third-order valence-corrected chi connectivity index (χ3v) is 3.64. The van der Waals surface area contributed by atoms with Crippen LogP contribution in [0.5, 0.6) is 0 Å². The first kappa shape index (κ1) is 17.5. The van der Waals surface area contributed by atoms with Crippen molar-refractivity contribution in [3.8, 4) is 0 Å². The molecular formula is C17H23ClN2O. The van der Waals surface area contributed by atoms with E-state index in [1.165, 1.54) is 5.39 Å². The molecule has 0 fully saturated rings. The van der Waals surface area contributed by atoms with Gasteiger partial charge < -0.3 is 11.1 Å². The van der Waals surface area contributed by atoms with Crippen molar-refractivity contribution in [2.24, 2.45) is 5.73 Å². The number of rotatable bonds is 4. The van der Waals surface area contributed by atoms with Gasteiger partial charge in [-0.2, -0.15) is 0 Å². The number of halogens is 1. The number of carbonyl (C=O) groups is 1. The number of fused-ring (bicyclic) bond motifs is 1. The smallest absolute Gasteiger partial charge is 0.227 e. The van der Waals surface area contributed by atoms with Crippen LogP contribution in [0.3, 0.4) is 0 Å². The average molecular weight is 307 g/mol. The summed E-state index contributed by atoms with van der Waals surface area (Å²) in [4.78, 5) is 12.3. The Morgan fingerprint density at radius 3 is 2.43 bits per heavy atom. The Morgan fingerprint density at radius 1 is 1.19 bits per heavy atom. The van der Waals surface area contributed by atoms with Gasteiger partial charge >= 0.3 is 0 Å². The van der Waals surface area contributed by atoms with E-state index in [1.807, 2.05) is 39.0 Å². The molecule has 2 aromatic rings. The first-order valence-corrected chi connectivity index (χ1v) is 6.94. The molecule has 2 aromatic carbocycles. The van der Waals surface area contributed by atoms with Gasteiger partial charge in [-0.05, 0) is 37.1 Å². The van der Waals surface area contributed by atoms with E-state index < -0.39 is 0 Å². The second-order valence-corrected chi connectivity index (χ2v) is 5.91. The molecule has 0 heterocycles. The van der Waals surface area contributed by atoms with E-state index in [0.717, 1.165) is 10.9 Å². The predicted molar refractivity (Wildman–Crippen MR) is 90.9 cm³/mol. The van der Waals surface area contributed by atoms with Gasteiger partial charge in [-0.1, -0.05) is 42.5 Å². The molecule has 4 heteroatoms. The zero-order valence-electron chi connectivity index (χ0n) is 12.7. The lowest BCUT2D eigenvalue weighted by Crippen LogP contribution is -2.50. The molecule has 0 bridgehead atoms. The Kier molecular flexibility index (Phi) is 5.76. The van der Waals surface area contributed by atoms with Gasteiger partial charge in [0.1, 0.15) is 0 Å². The average Bonchev–Trinajstić information content (AvgIpc) is 2.45. The van der Waals surface area contributed by atoms with Crippen LogP contribution in [0.1, 0.15) is 32.3 Å². The summed E-state index contributed by atoms with van der Waals surface area (Å²) in [6.07, 6.45) is 0. The molecule has 1 amide bonds. The van der Waals surface area contributed by atoms with E-state index in [-0.39, 0.29) is 29.8 Å². The molecule has 0 aliphatic rings. The Morgan fingerprint density at radius 2 is 1.81 bits per heavy atom. The van der Waals surface area contributed by atoms with Crippen LogP contribution < -0.4 is 11.1 Å². The number of nitrogens with one attached hydrogen (secondary N) is 1. The highest BCUT2D eigenvalue weighted by molar-refractivity contribution is 5.88. The molecule has 114 valence electrons. The second-order valence-electron chi connectivity index (χ2n) is 5.91. The van der Waals surface area contributed by atoms with Crippen molar-refractivity contribution in [1.82, 2.24) is 5.32 Å². The number of hydrogen-bond donors (Lipinski definition) is 2. The van der Waals surface area contributed by atoms with Gasteiger partial charge in [0.2, 0.25) is 5.91 Å². The Labute approximate surface area is 132 Å².